The minimum absolute atomic E-state index is 0.179. The van der Waals surface area contributed by atoms with E-state index in [0.717, 1.165) is 11.5 Å². The number of nitrogens with one attached hydrogen (secondary N) is 1. The van der Waals surface area contributed by atoms with Crippen LogP contribution >= 0.6 is 11.8 Å². The van der Waals surface area contributed by atoms with Crippen molar-refractivity contribution in [3.63, 3.8) is 0 Å². The van der Waals surface area contributed by atoms with Gasteiger partial charge in [-0.3, -0.25) is 4.79 Å². The van der Waals surface area contributed by atoms with Crippen LogP contribution in [-0.2, 0) is 20.5 Å². The van der Waals surface area contributed by atoms with Crippen LogP contribution in [0.5, 0.6) is 0 Å². The fourth-order valence-electron chi connectivity index (χ4n) is 3.15. The van der Waals surface area contributed by atoms with E-state index < -0.39 is 10.0 Å². The molecule has 2 aromatic heterocycles. The highest BCUT2D eigenvalue weighted by Crippen LogP contribution is 2.25. The molecule has 1 saturated heterocycles. The fraction of sp³-hybridized carbons (Fsp3) is 0.286. The van der Waals surface area contributed by atoms with Gasteiger partial charge in [0.1, 0.15) is 10.8 Å². The standard InChI is InChI=1S/C21H22N4O5S2/c1-15-13-17(24-30-15)14-31-21-19(3-2-8-22-21)20(26)23-16-4-6-18(7-5-16)32(27,28)25-9-11-29-12-10-25/h2-8,13H,9-12,14H2,1H3,(H,23,26). The summed E-state index contributed by atoms with van der Waals surface area (Å²) in [6.07, 6.45) is 1.62. The fourth-order valence-corrected chi connectivity index (χ4v) is 5.43. The van der Waals surface area contributed by atoms with E-state index in [2.05, 4.69) is 15.5 Å². The maximum absolute atomic E-state index is 12.8. The van der Waals surface area contributed by atoms with Gasteiger partial charge in [-0.2, -0.15) is 4.31 Å². The maximum atomic E-state index is 12.8. The number of pyridine rings is 1. The first-order chi connectivity index (χ1) is 15.4. The Hall–Kier alpha value is -2.73. The van der Waals surface area contributed by atoms with Crippen LogP contribution in [0.1, 0.15) is 21.8 Å². The van der Waals surface area contributed by atoms with E-state index in [1.54, 1.807) is 30.5 Å². The summed E-state index contributed by atoms with van der Waals surface area (Å²) >= 11 is 1.38. The number of morpholine rings is 1. The molecule has 0 radical (unpaired) electrons. The second-order valence-corrected chi connectivity index (χ2v) is 9.97. The Morgan fingerprint density at radius 3 is 2.62 bits per heavy atom. The van der Waals surface area contributed by atoms with E-state index in [1.807, 2.05) is 13.0 Å². The summed E-state index contributed by atoms with van der Waals surface area (Å²) in [4.78, 5) is 17.3. The van der Waals surface area contributed by atoms with Gasteiger partial charge < -0.3 is 14.6 Å². The average molecular weight is 475 g/mol. The number of carbonyl (C=O) groups is 1. The van der Waals surface area contributed by atoms with Crippen molar-refractivity contribution < 1.29 is 22.5 Å². The van der Waals surface area contributed by atoms with Gasteiger partial charge in [-0.1, -0.05) is 16.9 Å². The number of amides is 1. The van der Waals surface area contributed by atoms with Gasteiger partial charge in [0.25, 0.3) is 5.91 Å². The van der Waals surface area contributed by atoms with Gasteiger partial charge in [0, 0.05) is 36.8 Å². The third-order valence-corrected chi connectivity index (χ3v) is 7.72. The van der Waals surface area contributed by atoms with Crippen LogP contribution in [0.4, 0.5) is 5.69 Å². The molecule has 1 aromatic carbocycles. The first-order valence-electron chi connectivity index (χ1n) is 9.93. The van der Waals surface area contributed by atoms with Gasteiger partial charge in [-0.05, 0) is 43.3 Å². The highest BCUT2D eigenvalue weighted by Gasteiger charge is 2.26. The van der Waals surface area contributed by atoms with Gasteiger partial charge >= 0.3 is 0 Å². The molecule has 1 amide bonds. The van der Waals surface area contributed by atoms with Crippen LogP contribution in [0.3, 0.4) is 0 Å². The Bertz CT molecular complexity index is 1190. The van der Waals surface area contributed by atoms with Crippen molar-refractivity contribution in [2.75, 3.05) is 31.6 Å². The number of hydrogen-bond donors (Lipinski definition) is 1. The summed E-state index contributed by atoms with van der Waals surface area (Å²) in [5.41, 5.74) is 1.67. The maximum Gasteiger partial charge on any atom is 0.258 e. The molecule has 0 bridgehead atoms. The van der Waals surface area contributed by atoms with Crippen molar-refractivity contribution in [2.24, 2.45) is 0 Å². The number of hydrogen-bond acceptors (Lipinski definition) is 8. The molecule has 1 aliphatic heterocycles. The molecular formula is C21H22N4O5S2. The summed E-state index contributed by atoms with van der Waals surface area (Å²) in [6.45, 7) is 3.24. The Labute approximate surface area is 190 Å². The lowest BCUT2D eigenvalue weighted by Gasteiger charge is -2.26. The van der Waals surface area contributed by atoms with Crippen LogP contribution in [0.2, 0.25) is 0 Å². The molecule has 11 heteroatoms. The number of thioether (sulfide) groups is 1. The Kier molecular flexibility index (Phi) is 6.89. The van der Waals surface area contributed by atoms with Crippen molar-refractivity contribution in [2.45, 2.75) is 22.6 Å². The number of rotatable bonds is 7. The predicted octanol–water partition coefficient (Wildman–Crippen LogP) is 2.94. The number of carbonyl (C=O) groups excluding carboxylic acids is 1. The predicted molar refractivity (Wildman–Crippen MR) is 119 cm³/mol. The quantitative estimate of drug-likeness (QED) is 0.520. The molecule has 0 aliphatic carbocycles. The molecule has 168 valence electrons. The van der Waals surface area contributed by atoms with E-state index in [-0.39, 0.29) is 10.8 Å². The third-order valence-electron chi connectivity index (χ3n) is 4.77. The summed E-state index contributed by atoms with van der Waals surface area (Å²) in [6, 6.07) is 11.4. The Morgan fingerprint density at radius 1 is 1.19 bits per heavy atom. The topological polar surface area (TPSA) is 115 Å². The molecule has 0 saturated carbocycles. The average Bonchev–Trinajstić information content (AvgIpc) is 3.24. The zero-order chi connectivity index (χ0) is 22.6. The van der Waals surface area contributed by atoms with Crippen molar-refractivity contribution in [3.8, 4) is 0 Å². The van der Waals surface area contributed by atoms with Crippen molar-refractivity contribution in [1.82, 2.24) is 14.4 Å². The number of benzene rings is 1. The zero-order valence-electron chi connectivity index (χ0n) is 17.4. The Morgan fingerprint density at radius 2 is 1.94 bits per heavy atom. The van der Waals surface area contributed by atoms with Crippen LogP contribution < -0.4 is 5.32 Å². The van der Waals surface area contributed by atoms with Crippen LogP contribution in [0.25, 0.3) is 0 Å². The normalized spacial score (nSPS) is 14.9. The van der Waals surface area contributed by atoms with E-state index in [9.17, 15) is 13.2 Å². The minimum Gasteiger partial charge on any atom is -0.379 e. The number of sulfonamides is 1. The van der Waals surface area contributed by atoms with E-state index in [4.69, 9.17) is 9.26 Å². The molecule has 3 heterocycles. The van der Waals surface area contributed by atoms with Gasteiger partial charge in [0.2, 0.25) is 10.0 Å². The SMILES string of the molecule is Cc1cc(CSc2ncccc2C(=O)Nc2ccc(S(=O)(=O)N3CCOCC3)cc2)no1. The smallest absolute Gasteiger partial charge is 0.258 e. The highest BCUT2D eigenvalue weighted by atomic mass is 32.2. The molecule has 0 unspecified atom stereocenters. The van der Waals surface area contributed by atoms with Crippen molar-refractivity contribution in [3.05, 3.63) is 65.7 Å². The van der Waals surface area contributed by atoms with E-state index in [1.165, 1.54) is 28.2 Å². The van der Waals surface area contributed by atoms with Gasteiger partial charge in [0.05, 0.1) is 29.4 Å². The third kappa shape index (κ3) is 5.18. The number of nitrogens with zero attached hydrogens (tertiary/aromatic N) is 3. The summed E-state index contributed by atoms with van der Waals surface area (Å²) in [7, 11) is -3.58. The molecular weight excluding hydrogens is 452 g/mol. The zero-order valence-corrected chi connectivity index (χ0v) is 19.0. The summed E-state index contributed by atoms with van der Waals surface area (Å²) in [5, 5.41) is 7.32. The lowest BCUT2D eigenvalue weighted by Crippen LogP contribution is -2.40. The van der Waals surface area contributed by atoms with Gasteiger partial charge in [0.15, 0.2) is 0 Å². The Balaban J connectivity index is 1.44. The second-order valence-electron chi connectivity index (χ2n) is 7.07. The van der Waals surface area contributed by atoms with Crippen LogP contribution in [-0.4, -0.2) is 55.1 Å². The summed E-state index contributed by atoms with van der Waals surface area (Å²) < 4.78 is 37.2. The number of aromatic nitrogens is 2. The molecule has 1 fully saturated rings. The summed E-state index contributed by atoms with van der Waals surface area (Å²) in [5.74, 6) is 0.905. The molecule has 32 heavy (non-hydrogen) atoms. The van der Waals surface area contributed by atoms with Crippen LogP contribution in [0.15, 0.2) is 63.1 Å². The molecule has 4 rings (SSSR count). The van der Waals surface area contributed by atoms with Crippen LogP contribution in [0, 0.1) is 6.92 Å². The molecule has 1 aliphatic rings. The van der Waals surface area contributed by atoms with Crippen molar-refractivity contribution >= 4 is 33.4 Å². The lowest BCUT2D eigenvalue weighted by atomic mass is 10.2. The van der Waals surface area contributed by atoms with Gasteiger partial charge in [-0.15, -0.1) is 0 Å². The van der Waals surface area contributed by atoms with Crippen molar-refractivity contribution in [1.29, 1.82) is 0 Å². The monoisotopic (exact) mass is 474 g/mol. The lowest BCUT2D eigenvalue weighted by molar-refractivity contribution is 0.0730. The molecule has 3 aromatic rings. The molecule has 1 N–H and O–H groups in total. The minimum atomic E-state index is -3.58. The first kappa shape index (κ1) is 22.5. The number of aryl methyl sites for hydroxylation is 1. The number of anilines is 1. The highest BCUT2D eigenvalue weighted by molar-refractivity contribution is 7.98. The first-order valence-corrected chi connectivity index (χ1v) is 12.4. The van der Waals surface area contributed by atoms with Gasteiger partial charge in [-0.25, -0.2) is 13.4 Å². The molecule has 0 spiro atoms. The second kappa shape index (κ2) is 9.82. The van der Waals surface area contributed by atoms with E-state index in [0.29, 0.717) is 48.3 Å². The molecule has 0 atom stereocenters. The molecule has 9 nitrogen and oxygen atoms in total. The largest absolute Gasteiger partial charge is 0.379 e. The van der Waals surface area contributed by atoms with E-state index >= 15 is 0 Å². The number of ether oxygens (including phenoxy) is 1.